The van der Waals surface area contributed by atoms with Crippen LogP contribution in [0.15, 0.2) is 42.5 Å². The molecule has 0 aromatic heterocycles. The van der Waals surface area contributed by atoms with Gasteiger partial charge in [0.05, 0.1) is 6.54 Å². The molecule has 3 N–H and O–H groups in total. The third-order valence-electron chi connectivity index (χ3n) is 4.04. The maximum atomic E-state index is 12.0. The molecule has 0 aliphatic heterocycles. The fourth-order valence-electron chi connectivity index (χ4n) is 2.49. The predicted molar refractivity (Wildman–Crippen MR) is 105 cm³/mol. The van der Waals surface area contributed by atoms with Gasteiger partial charge in [-0.3, -0.25) is 9.59 Å². The van der Waals surface area contributed by atoms with E-state index in [0.717, 1.165) is 11.1 Å². The molecule has 2 amide bonds. The van der Waals surface area contributed by atoms with E-state index >= 15 is 0 Å². The number of hydrogen-bond acceptors (Lipinski definition) is 4. The average Bonchev–Trinajstić information content (AvgIpc) is 2.66. The molecule has 7 nitrogen and oxygen atoms in total. The highest BCUT2D eigenvalue weighted by atomic mass is 16.5. The molecule has 2 rings (SSSR count). The number of anilines is 1. The molecule has 7 heteroatoms. The van der Waals surface area contributed by atoms with Gasteiger partial charge < -0.3 is 20.5 Å². The number of nitrogens with one attached hydrogen (secondary N) is 2. The Balaban J connectivity index is 1.76. The number of aliphatic carboxylic acids is 1. The number of carbonyl (C=O) groups is 3. The standard InChI is InChI=1S/C21H24N2O5/c1-14-3-5-16(6-4-14)7-10-19(24)22-12-20(25)23-18-9-8-17(11-15(18)2)28-13-21(26)27/h3-6,8-9,11H,7,10,12-13H2,1-2H3,(H,22,24)(H,23,25)(H,26,27). The van der Waals surface area contributed by atoms with Crippen LogP contribution in [0.5, 0.6) is 5.75 Å². The van der Waals surface area contributed by atoms with E-state index in [1.54, 1.807) is 25.1 Å². The van der Waals surface area contributed by atoms with E-state index in [0.29, 0.717) is 24.3 Å². The first-order valence-electron chi connectivity index (χ1n) is 8.91. The van der Waals surface area contributed by atoms with Crippen LogP contribution in [-0.4, -0.2) is 36.0 Å². The number of aryl methyl sites for hydroxylation is 3. The minimum Gasteiger partial charge on any atom is -0.482 e. The van der Waals surface area contributed by atoms with Crippen molar-refractivity contribution >= 4 is 23.5 Å². The van der Waals surface area contributed by atoms with Crippen molar-refractivity contribution in [1.82, 2.24) is 5.32 Å². The molecular weight excluding hydrogens is 360 g/mol. The summed E-state index contributed by atoms with van der Waals surface area (Å²) in [4.78, 5) is 34.5. The van der Waals surface area contributed by atoms with E-state index in [4.69, 9.17) is 9.84 Å². The van der Waals surface area contributed by atoms with Gasteiger partial charge in [-0.25, -0.2) is 4.79 Å². The number of benzene rings is 2. The number of hydrogen-bond donors (Lipinski definition) is 3. The van der Waals surface area contributed by atoms with E-state index in [2.05, 4.69) is 10.6 Å². The van der Waals surface area contributed by atoms with Gasteiger partial charge in [0, 0.05) is 12.1 Å². The van der Waals surface area contributed by atoms with Gasteiger partial charge in [-0.15, -0.1) is 0 Å². The second-order valence-corrected chi connectivity index (χ2v) is 6.47. The van der Waals surface area contributed by atoms with Gasteiger partial charge in [-0.2, -0.15) is 0 Å². The van der Waals surface area contributed by atoms with E-state index in [-0.39, 0.29) is 18.4 Å². The lowest BCUT2D eigenvalue weighted by Gasteiger charge is -2.11. The zero-order valence-electron chi connectivity index (χ0n) is 16.0. The first-order chi connectivity index (χ1) is 13.3. The summed E-state index contributed by atoms with van der Waals surface area (Å²) in [7, 11) is 0. The van der Waals surface area contributed by atoms with Crippen LogP contribution < -0.4 is 15.4 Å². The number of rotatable bonds is 9. The summed E-state index contributed by atoms with van der Waals surface area (Å²) in [6, 6.07) is 12.8. The van der Waals surface area contributed by atoms with Crippen LogP contribution in [-0.2, 0) is 20.8 Å². The van der Waals surface area contributed by atoms with Crippen LogP contribution in [0.2, 0.25) is 0 Å². The quantitative estimate of drug-likeness (QED) is 0.616. The lowest BCUT2D eigenvalue weighted by atomic mass is 10.1. The molecule has 0 unspecified atom stereocenters. The Hall–Kier alpha value is -3.35. The summed E-state index contributed by atoms with van der Waals surface area (Å²) >= 11 is 0. The number of carboxylic acid groups (broad SMARTS) is 1. The van der Waals surface area contributed by atoms with E-state index in [1.165, 1.54) is 5.56 Å². The van der Waals surface area contributed by atoms with Crippen molar-refractivity contribution in [2.24, 2.45) is 0 Å². The van der Waals surface area contributed by atoms with Crippen molar-refractivity contribution in [2.45, 2.75) is 26.7 Å². The van der Waals surface area contributed by atoms with Crippen molar-refractivity contribution in [3.63, 3.8) is 0 Å². The van der Waals surface area contributed by atoms with Gasteiger partial charge in [-0.1, -0.05) is 29.8 Å². The lowest BCUT2D eigenvalue weighted by molar-refractivity contribution is -0.139. The second-order valence-electron chi connectivity index (χ2n) is 6.47. The van der Waals surface area contributed by atoms with E-state index in [1.807, 2.05) is 31.2 Å². The molecular formula is C21H24N2O5. The number of carbonyl (C=O) groups excluding carboxylic acids is 2. The molecule has 0 radical (unpaired) electrons. The van der Waals surface area contributed by atoms with Gasteiger partial charge in [0.2, 0.25) is 11.8 Å². The van der Waals surface area contributed by atoms with Gasteiger partial charge in [0.25, 0.3) is 0 Å². The molecule has 148 valence electrons. The Morgan fingerprint density at radius 2 is 1.71 bits per heavy atom. The third-order valence-corrected chi connectivity index (χ3v) is 4.04. The van der Waals surface area contributed by atoms with Crippen molar-refractivity contribution < 1.29 is 24.2 Å². The fraction of sp³-hybridized carbons (Fsp3) is 0.286. The highest BCUT2D eigenvalue weighted by Crippen LogP contribution is 2.21. The van der Waals surface area contributed by atoms with Crippen LogP contribution in [0.1, 0.15) is 23.1 Å². The van der Waals surface area contributed by atoms with Crippen LogP contribution in [0.4, 0.5) is 5.69 Å². The Morgan fingerprint density at radius 1 is 1.00 bits per heavy atom. The maximum Gasteiger partial charge on any atom is 0.341 e. The Kier molecular flexibility index (Phi) is 7.56. The van der Waals surface area contributed by atoms with Gasteiger partial charge in [-0.05, 0) is 49.6 Å². The SMILES string of the molecule is Cc1ccc(CCC(=O)NCC(=O)Nc2ccc(OCC(=O)O)cc2C)cc1. The summed E-state index contributed by atoms with van der Waals surface area (Å²) in [6.45, 7) is 3.22. The molecule has 2 aromatic carbocycles. The lowest BCUT2D eigenvalue weighted by Crippen LogP contribution is -2.33. The molecule has 0 saturated carbocycles. The zero-order chi connectivity index (χ0) is 20.5. The summed E-state index contributed by atoms with van der Waals surface area (Å²) in [5.74, 6) is -1.19. The average molecular weight is 384 g/mol. The minimum atomic E-state index is -1.06. The van der Waals surface area contributed by atoms with Gasteiger partial charge >= 0.3 is 5.97 Å². The third kappa shape index (κ3) is 7.11. The highest BCUT2D eigenvalue weighted by Gasteiger charge is 2.09. The Labute approximate surface area is 163 Å². The normalized spacial score (nSPS) is 10.2. The largest absolute Gasteiger partial charge is 0.482 e. The topological polar surface area (TPSA) is 105 Å². The summed E-state index contributed by atoms with van der Waals surface area (Å²) in [5, 5.41) is 13.9. The van der Waals surface area contributed by atoms with E-state index < -0.39 is 12.6 Å². The minimum absolute atomic E-state index is 0.122. The Bertz CT molecular complexity index is 846. The molecule has 0 atom stereocenters. The number of carboxylic acids is 1. The highest BCUT2D eigenvalue weighted by molar-refractivity contribution is 5.95. The molecule has 0 saturated heterocycles. The molecule has 28 heavy (non-hydrogen) atoms. The second kappa shape index (κ2) is 10.1. The molecule has 0 aliphatic carbocycles. The van der Waals surface area contributed by atoms with Crippen molar-refractivity contribution in [1.29, 1.82) is 0 Å². The zero-order valence-corrected chi connectivity index (χ0v) is 16.0. The fourth-order valence-corrected chi connectivity index (χ4v) is 2.49. The number of amides is 2. The first-order valence-corrected chi connectivity index (χ1v) is 8.91. The van der Waals surface area contributed by atoms with Crippen LogP contribution in [0.3, 0.4) is 0 Å². The predicted octanol–water partition coefficient (Wildman–Crippen LogP) is 2.45. The maximum absolute atomic E-state index is 12.0. The van der Waals surface area contributed by atoms with Crippen LogP contribution in [0, 0.1) is 13.8 Å². The molecule has 0 heterocycles. The van der Waals surface area contributed by atoms with Gasteiger partial charge in [0.1, 0.15) is 5.75 Å². The Morgan fingerprint density at radius 3 is 2.36 bits per heavy atom. The van der Waals surface area contributed by atoms with E-state index in [9.17, 15) is 14.4 Å². The number of ether oxygens (including phenoxy) is 1. The molecule has 0 spiro atoms. The molecule has 0 fully saturated rings. The molecule has 0 bridgehead atoms. The van der Waals surface area contributed by atoms with Crippen molar-refractivity contribution in [3.05, 3.63) is 59.2 Å². The molecule has 0 aliphatic rings. The van der Waals surface area contributed by atoms with Crippen LogP contribution >= 0.6 is 0 Å². The first kappa shape index (κ1) is 21.0. The van der Waals surface area contributed by atoms with Gasteiger partial charge in [0.15, 0.2) is 6.61 Å². The monoisotopic (exact) mass is 384 g/mol. The van der Waals surface area contributed by atoms with Crippen LogP contribution in [0.25, 0.3) is 0 Å². The summed E-state index contributed by atoms with van der Waals surface area (Å²) in [6.07, 6.45) is 0.926. The summed E-state index contributed by atoms with van der Waals surface area (Å²) in [5.41, 5.74) is 3.54. The summed E-state index contributed by atoms with van der Waals surface area (Å²) < 4.78 is 5.09. The van der Waals surface area contributed by atoms with Crippen molar-refractivity contribution in [2.75, 3.05) is 18.5 Å². The van der Waals surface area contributed by atoms with Crippen molar-refractivity contribution in [3.8, 4) is 5.75 Å². The molecule has 2 aromatic rings. The smallest absolute Gasteiger partial charge is 0.341 e.